The summed E-state index contributed by atoms with van der Waals surface area (Å²) in [6.07, 6.45) is 7.57. The van der Waals surface area contributed by atoms with Crippen LogP contribution >= 0.6 is 0 Å². The minimum atomic E-state index is 0.795. The molecule has 2 rings (SSSR count). The molecule has 0 amide bonds. The second-order valence-electron chi connectivity index (χ2n) is 4.06. The maximum Gasteiger partial charge on any atom is 0.0471 e. The molecule has 0 atom stereocenters. The number of nitrogens with one attached hydrogen (secondary N) is 1. The first kappa shape index (κ1) is 9.22. The van der Waals surface area contributed by atoms with Crippen molar-refractivity contribution in [1.29, 1.82) is 0 Å². The standard InChI is InChI=1S/C11H19NO/c1-2-11(9-12-5-1)8-10-3-6-13-7-4-10/h8,10,12H,1-7,9H2/b11-8-. The summed E-state index contributed by atoms with van der Waals surface area (Å²) in [4.78, 5) is 0. The molecule has 0 aliphatic carbocycles. The summed E-state index contributed by atoms with van der Waals surface area (Å²) in [5.74, 6) is 0.795. The Balaban J connectivity index is 1.85. The Kier molecular flexibility index (Phi) is 3.39. The van der Waals surface area contributed by atoms with Gasteiger partial charge in [0.2, 0.25) is 0 Å². The van der Waals surface area contributed by atoms with Crippen molar-refractivity contribution in [3.05, 3.63) is 11.6 Å². The smallest absolute Gasteiger partial charge is 0.0471 e. The van der Waals surface area contributed by atoms with Gasteiger partial charge in [-0.25, -0.2) is 0 Å². The summed E-state index contributed by atoms with van der Waals surface area (Å²) in [7, 11) is 0. The van der Waals surface area contributed by atoms with E-state index in [0.717, 1.165) is 25.7 Å². The van der Waals surface area contributed by atoms with Gasteiger partial charge < -0.3 is 10.1 Å². The van der Waals surface area contributed by atoms with Gasteiger partial charge in [-0.3, -0.25) is 0 Å². The summed E-state index contributed by atoms with van der Waals surface area (Å²) in [6.45, 7) is 4.24. The van der Waals surface area contributed by atoms with Crippen LogP contribution in [-0.4, -0.2) is 26.3 Å². The maximum absolute atomic E-state index is 5.34. The molecule has 2 heterocycles. The van der Waals surface area contributed by atoms with Gasteiger partial charge in [0.05, 0.1) is 0 Å². The largest absolute Gasteiger partial charge is 0.381 e. The van der Waals surface area contributed by atoms with Gasteiger partial charge in [-0.1, -0.05) is 11.6 Å². The maximum atomic E-state index is 5.34. The molecular formula is C11H19NO. The third kappa shape index (κ3) is 2.82. The minimum absolute atomic E-state index is 0.795. The lowest BCUT2D eigenvalue weighted by molar-refractivity contribution is 0.0782. The Labute approximate surface area is 80.4 Å². The predicted molar refractivity (Wildman–Crippen MR) is 53.7 cm³/mol. The Morgan fingerprint density at radius 2 is 2.15 bits per heavy atom. The zero-order chi connectivity index (χ0) is 8.93. The molecule has 2 saturated heterocycles. The molecule has 2 fully saturated rings. The third-order valence-electron chi connectivity index (χ3n) is 2.94. The van der Waals surface area contributed by atoms with Crippen LogP contribution in [0.15, 0.2) is 11.6 Å². The lowest BCUT2D eigenvalue weighted by Gasteiger charge is -2.22. The van der Waals surface area contributed by atoms with Crippen LogP contribution < -0.4 is 5.32 Å². The lowest BCUT2D eigenvalue weighted by Crippen LogP contribution is -2.25. The molecule has 0 aromatic carbocycles. The Morgan fingerprint density at radius 1 is 1.31 bits per heavy atom. The summed E-state index contributed by atoms with van der Waals surface area (Å²) in [5, 5.41) is 3.42. The van der Waals surface area contributed by atoms with Gasteiger partial charge in [0.25, 0.3) is 0 Å². The summed E-state index contributed by atoms with van der Waals surface area (Å²) >= 11 is 0. The van der Waals surface area contributed by atoms with E-state index in [2.05, 4.69) is 11.4 Å². The molecule has 0 bridgehead atoms. The number of piperidine rings is 1. The molecule has 0 aromatic rings. The van der Waals surface area contributed by atoms with Gasteiger partial charge in [0, 0.05) is 19.8 Å². The molecule has 13 heavy (non-hydrogen) atoms. The van der Waals surface area contributed by atoms with E-state index in [0.29, 0.717) is 0 Å². The van der Waals surface area contributed by atoms with E-state index in [1.54, 1.807) is 5.57 Å². The van der Waals surface area contributed by atoms with Crippen LogP contribution in [0.5, 0.6) is 0 Å². The van der Waals surface area contributed by atoms with Crippen molar-refractivity contribution in [2.45, 2.75) is 25.7 Å². The molecule has 74 valence electrons. The lowest BCUT2D eigenvalue weighted by atomic mass is 9.94. The van der Waals surface area contributed by atoms with Crippen molar-refractivity contribution >= 4 is 0 Å². The minimum Gasteiger partial charge on any atom is -0.381 e. The Bertz CT molecular complexity index is 175. The molecule has 2 aliphatic rings. The first-order chi connectivity index (χ1) is 6.45. The van der Waals surface area contributed by atoms with E-state index in [9.17, 15) is 0 Å². The normalized spacial score (nSPS) is 29.4. The Hall–Kier alpha value is -0.340. The number of hydrogen-bond donors (Lipinski definition) is 1. The van der Waals surface area contributed by atoms with Crippen LogP contribution in [0.3, 0.4) is 0 Å². The predicted octanol–water partition coefficient (Wildman–Crippen LogP) is 1.72. The van der Waals surface area contributed by atoms with Crippen molar-refractivity contribution in [2.75, 3.05) is 26.3 Å². The first-order valence-electron chi connectivity index (χ1n) is 5.43. The van der Waals surface area contributed by atoms with Crippen LogP contribution in [0.4, 0.5) is 0 Å². The van der Waals surface area contributed by atoms with E-state index in [-0.39, 0.29) is 0 Å². The van der Waals surface area contributed by atoms with Crippen molar-refractivity contribution in [3.8, 4) is 0 Å². The fraction of sp³-hybridized carbons (Fsp3) is 0.818. The molecule has 0 saturated carbocycles. The zero-order valence-electron chi connectivity index (χ0n) is 8.22. The molecule has 0 spiro atoms. The van der Waals surface area contributed by atoms with Gasteiger partial charge in [-0.05, 0) is 38.1 Å². The highest BCUT2D eigenvalue weighted by atomic mass is 16.5. The third-order valence-corrected chi connectivity index (χ3v) is 2.94. The fourth-order valence-corrected chi connectivity index (χ4v) is 2.14. The zero-order valence-corrected chi connectivity index (χ0v) is 8.22. The van der Waals surface area contributed by atoms with Crippen LogP contribution in [-0.2, 0) is 4.74 Å². The topological polar surface area (TPSA) is 21.3 Å². The molecule has 2 heteroatoms. The quantitative estimate of drug-likeness (QED) is 0.622. The second-order valence-corrected chi connectivity index (χ2v) is 4.06. The molecule has 0 aromatic heterocycles. The van der Waals surface area contributed by atoms with Gasteiger partial charge in [-0.2, -0.15) is 0 Å². The van der Waals surface area contributed by atoms with Crippen LogP contribution in [0, 0.1) is 5.92 Å². The summed E-state index contributed by atoms with van der Waals surface area (Å²) in [6, 6.07) is 0. The van der Waals surface area contributed by atoms with E-state index >= 15 is 0 Å². The number of rotatable bonds is 1. The van der Waals surface area contributed by atoms with Crippen LogP contribution in [0.2, 0.25) is 0 Å². The van der Waals surface area contributed by atoms with Gasteiger partial charge in [0.15, 0.2) is 0 Å². The summed E-state index contributed by atoms with van der Waals surface area (Å²) in [5.41, 5.74) is 1.62. The van der Waals surface area contributed by atoms with Crippen molar-refractivity contribution < 1.29 is 4.74 Å². The molecular weight excluding hydrogens is 162 g/mol. The number of hydrogen-bond acceptors (Lipinski definition) is 2. The second kappa shape index (κ2) is 4.77. The van der Waals surface area contributed by atoms with Crippen molar-refractivity contribution in [2.24, 2.45) is 5.92 Å². The van der Waals surface area contributed by atoms with Crippen LogP contribution in [0.1, 0.15) is 25.7 Å². The van der Waals surface area contributed by atoms with E-state index in [1.165, 1.54) is 32.2 Å². The van der Waals surface area contributed by atoms with Gasteiger partial charge >= 0.3 is 0 Å². The first-order valence-corrected chi connectivity index (χ1v) is 5.43. The van der Waals surface area contributed by atoms with Crippen LogP contribution in [0.25, 0.3) is 0 Å². The highest BCUT2D eigenvalue weighted by Crippen LogP contribution is 2.20. The monoisotopic (exact) mass is 181 g/mol. The Morgan fingerprint density at radius 3 is 2.85 bits per heavy atom. The van der Waals surface area contributed by atoms with E-state index in [4.69, 9.17) is 4.74 Å². The molecule has 2 aliphatic heterocycles. The van der Waals surface area contributed by atoms with Crippen molar-refractivity contribution in [1.82, 2.24) is 5.32 Å². The average molecular weight is 181 g/mol. The van der Waals surface area contributed by atoms with Crippen molar-refractivity contribution in [3.63, 3.8) is 0 Å². The van der Waals surface area contributed by atoms with E-state index < -0.39 is 0 Å². The fourth-order valence-electron chi connectivity index (χ4n) is 2.14. The highest BCUT2D eigenvalue weighted by Gasteiger charge is 2.13. The number of ether oxygens (including phenoxy) is 1. The summed E-state index contributed by atoms with van der Waals surface area (Å²) < 4.78 is 5.34. The highest BCUT2D eigenvalue weighted by molar-refractivity contribution is 5.08. The molecule has 1 N–H and O–H groups in total. The molecule has 0 radical (unpaired) electrons. The van der Waals surface area contributed by atoms with Gasteiger partial charge in [0.1, 0.15) is 0 Å². The molecule has 0 unspecified atom stereocenters. The SMILES string of the molecule is C(=C1\CCCNC1)/C1CCOCC1. The molecule has 2 nitrogen and oxygen atoms in total. The van der Waals surface area contributed by atoms with Gasteiger partial charge in [-0.15, -0.1) is 0 Å². The average Bonchev–Trinajstić information content (AvgIpc) is 2.21. The number of allylic oxidation sites excluding steroid dienone is 1. The van der Waals surface area contributed by atoms with E-state index in [1.807, 2.05) is 0 Å².